The molecule has 0 radical (unpaired) electrons. The molecule has 164 valence electrons. The number of ether oxygens (including phenoxy) is 2. The van der Waals surface area contributed by atoms with Crippen LogP contribution in [-0.2, 0) is 10.3 Å². The molecule has 1 unspecified atom stereocenters. The first-order valence-electron chi connectivity index (χ1n) is 10.5. The van der Waals surface area contributed by atoms with E-state index < -0.39 is 11.8 Å². The van der Waals surface area contributed by atoms with E-state index in [2.05, 4.69) is 10.6 Å². The Balaban J connectivity index is 1.80. The van der Waals surface area contributed by atoms with Gasteiger partial charge in [0.25, 0.3) is 11.8 Å². The summed E-state index contributed by atoms with van der Waals surface area (Å²) in [5.41, 5.74) is 1.90. The normalized spacial score (nSPS) is 18.9. The molecule has 3 atom stereocenters. The summed E-state index contributed by atoms with van der Waals surface area (Å²) in [4.78, 5) is 25.9. The summed E-state index contributed by atoms with van der Waals surface area (Å²) >= 11 is 0. The number of hydrogen-bond donors (Lipinski definition) is 2. The molecule has 1 aliphatic rings. The lowest BCUT2D eigenvalue weighted by Gasteiger charge is -2.40. The standard InChI is InChI=1S/C26H26N2O4/c1-17(25(32-3)27-23(29)18-10-5-4-6-11-18)26(19-12-9-13-20(16-19)31-2)22-15-8-7-14-21(22)24(30)28-26/h4-17,25H,1-3H3,(H,27,29)(H,28,30)/t17-,25?,26-/m0/s1. The average Bonchev–Trinajstić information content (AvgIpc) is 3.16. The average molecular weight is 431 g/mol. The van der Waals surface area contributed by atoms with Crippen LogP contribution in [0.3, 0.4) is 0 Å². The maximum Gasteiger partial charge on any atom is 0.253 e. The maximum atomic E-state index is 13.0. The quantitative estimate of drug-likeness (QED) is 0.560. The predicted octanol–water partition coefficient (Wildman–Crippen LogP) is 3.72. The van der Waals surface area contributed by atoms with Crippen LogP contribution in [0.5, 0.6) is 5.75 Å². The number of hydrogen-bond acceptors (Lipinski definition) is 4. The van der Waals surface area contributed by atoms with Crippen LogP contribution in [0.1, 0.15) is 38.8 Å². The summed E-state index contributed by atoms with van der Waals surface area (Å²) in [5.74, 6) is -0.0999. The van der Waals surface area contributed by atoms with Crippen molar-refractivity contribution in [2.75, 3.05) is 14.2 Å². The first-order chi connectivity index (χ1) is 15.5. The van der Waals surface area contributed by atoms with Crippen molar-refractivity contribution in [1.29, 1.82) is 0 Å². The van der Waals surface area contributed by atoms with Crippen molar-refractivity contribution in [1.82, 2.24) is 10.6 Å². The Bertz CT molecular complexity index is 1130. The number of carbonyl (C=O) groups excluding carboxylic acids is 2. The maximum absolute atomic E-state index is 13.0. The Kier molecular flexibility index (Phi) is 5.97. The highest BCUT2D eigenvalue weighted by Gasteiger charge is 2.51. The second-order valence-corrected chi connectivity index (χ2v) is 7.82. The van der Waals surface area contributed by atoms with E-state index in [0.29, 0.717) is 16.9 Å². The first-order valence-corrected chi connectivity index (χ1v) is 10.5. The summed E-state index contributed by atoms with van der Waals surface area (Å²) in [6, 6.07) is 24.1. The highest BCUT2D eigenvalue weighted by molar-refractivity contribution is 6.01. The number of amides is 2. The number of carbonyl (C=O) groups is 2. The van der Waals surface area contributed by atoms with Gasteiger partial charge in [-0.15, -0.1) is 0 Å². The van der Waals surface area contributed by atoms with Crippen molar-refractivity contribution in [3.8, 4) is 5.75 Å². The smallest absolute Gasteiger partial charge is 0.253 e. The molecule has 0 spiro atoms. The fourth-order valence-electron chi connectivity index (χ4n) is 4.47. The number of nitrogens with one attached hydrogen (secondary N) is 2. The van der Waals surface area contributed by atoms with Gasteiger partial charge in [-0.25, -0.2) is 0 Å². The lowest BCUT2D eigenvalue weighted by atomic mass is 9.73. The van der Waals surface area contributed by atoms with Gasteiger partial charge in [0.05, 0.1) is 12.6 Å². The van der Waals surface area contributed by atoms with E-state index in [-0.39, 0.29) is 17.7 Å². The lowest BCUT2D eigenvalue weighted by Crippen LogP contribution is -2.55. The molecule has 2 amide bonds. The van der Waals surface area contributed by atoms with E-state index in [1.807, 2.05) is 73.7 Å². The molecule has 0 fully saturated rings. The molecule has 4 rings (SSSR count). The molecule has 0 aromatic heterocycles. The number of benzene rings is 3. The van der Waals surface area contributed by atoms with Crippen LogP contribution in [0, 0.1) is 5.92 Å². The van der Waals surface area contributed by atoms with E-state index in [1.165, 1.54) is 0 Å². The monoisotopic (exact) mass is 430 g/mol. The molecule has 0 aliphatic carbocycles. The molecule has 0 saturated carbocycles. The molecular formula is C26H26N2O4. The summed E-state index contributed by atoms with van der Waals surface area (Å²) < 4.78 is 11.2. The molecular weight excluding hydrogens is 404 g/mol. The van der Waals surface area contributed by atoms with Gasteiger partial charge in [-0.05, 0) is 41.5 Å². The third-order valence-corrected chi connectivity index (χ3v) is 6.13. The predicted molar refractivity (Wildman–Crippen MR) is 122 cm³/mol. The molecule has 1 aliphatic heterocycles. The highest BCUT2D eigenvalue weighted by Crippen LogP contribution is 2.44. The van der Waals surface area contributed by atoms with Gasteiger partial charge in [-0.3, -0.25) is 9.59 Å². The zero-order chi connectivity index (χ0) is 22.7. The fourth-order valence-corrected chi connectivity index (χ4v) is 4.47. The number of fused-ring (bicyclic) bond motifs is 1. The largest absolute Gasteiger partial charge is 0.497 e. The Morgan fingerprint density at radius 1 is 0.969 bits per heavy atom. The third kappa shape index (κ3) is 3.63. The molecule has 3 aromatic carbocycles. The molecule has 32 heavy (non-hydrogen) atoms. The number of methoxy groups -OCH3 is 2. The topological polar surface area (TPSA) is 76.7 Å². The minimum absolute atomic E-state index is 0.167. The molecule has 0 saturated heterocycles. The van der Waals surface area contributed by atoms with Crippen LogP contribution in [-0.4, -0.2) is 32.3 Å². The van der Waals surface area contributed by atoms with Gasteiger partial charge in [-0.1, -0.05) is 55.5 Å². The Morgan fingerprint density at radius 3 is 2.41 bits per heavy atom. The summed E-state index contributed by atoms with van der Waals surface area (Å²) in [6.45, 7) is 1.96. The molecule has 0 bridgehead atoms. The lowest BCUT2D eigenvalue weighted by molar-refractivity contribution is 0.00460. The summed E-state index contributed by atoms with van der Waals surface area (Å²) in [6.07, 6.45) is -0.680. The van der Waals surface area contributed by atoms with Crippen molar-refractivity contribution >= 4 is 11.8 Å². The molecule has 6 nitrogen and oxygen atoms in total. The van der Waals surface area contributed by atoms with Gasteiger partial charge in [0.2, 0.25) is 0 Å². The third-order valence-electron chi connectivity index (χ3n) is 6.13. The molecule has 1 heterocycles. The van der Waals surface area contributed by atoms with Gasteiger partial charge in [0.15, 0.2) is 0 Å². The van der Waals surface area contributed by atoms with Crippen LogP contribution >= 0.6 is 0 Å². The Morgan fingerprint density at radius 2 is 1.69 bits per heavy atom. The van der Waals surface area contributed by atoms with Crippen LogP contribution in [0.15, 0.2) is 78.9 Å². The highest BCUT2D eigenvalue weighted by atomic mass is 16.5. The SMILES string of the molecule is COc1cccc([C@]2([C@@H](C)C(NC(=O)c3ccccc3)OC)NC(=O)c3ccccc32)c1. The van der Waals surface area contributed by atoms with Crippen LogP contribution < -0.4 is 15.4 Å². The number of rotatable bonds is 7. The Hall–Kier alpha value is -3.64. The second kappa shape index (κ2) is 8.85. The second-order valence-electron chi connectivity index (χ2n) is 7.82. The first kappa shape index (κ1) is 21.6. The van der Waals surface area contributed by atoms with E-state index >= 15 is 0 Å². The zero-order valence-electron chi connectivity index (χ0n) is 18.3. The summed E-state index contributed by atoms with van der Waals surface area (Å²) in [5, 5.41) is 6.19. The van der Waals surface area contributed by atoms with Gasteiger partial charge >= 0.3 is 0 Å². The van der Waals surface area contributed by atoms with Crippen molar-refractivity contribution in [3.63, 3.8) is 0 Å². The van der Waals surface area contributed by atoms with E-state index in [9.17, 15) is 9.59 Å². The fraction of sp³-hybridized carbons (Fsp3) is 0.231. The van der Waals surface area contributed by atoms with Crippen molar-refractivity contribution in [3.05, 3.63) is 101 Å². The molecule has 3 aromatic rings. The molecule has 2 N–H and O–H groups in total. The van der Waals surface area contributed by atoms with Gasteiger partial charge in [0.1, 0.15) is 12.0 Å². The van der Waals surface area contributed by atoms with Crippen molar-refractivity contribution < 1.29 is 19.1 Å². The minimum atomic E-state index is -0.924. The van der Waals surface area contributed by atoms with Crippen LogP contribution in [0.2, 0.25) is 0 Å². The summed E-state index contributed by atoms with van der Waals surface area (Å²) in [7, 11) is 3.16. The minimum Gasteiger partial charge on any atom is -0.497 e. The van der Waals surface area contributed by atoms with Gasteiger partial charge in [0, 0.05) is 24.2 Å². The van der Waals surface area contributed by atoms with Crippen molar-refractivity contribution in [2.24, 2.45) is 5.92 Å². The van der Waals surface area contributed by atoms with Crippen molar-refractivity contribution in [2.45, 2.75) is 18.7 Å². The van der Waals surface area contributed by atoms with Crippen LogP contribution in [0.4, 0.5) is 0 Å². The van der Waals surface area contributed by atoms with Gasteiger partial charge < -0.3 is 20.1 Å². The van der Waals surface area contributed by atoms with E-state index in [4.69, 9.17) is 9.47 Å². The zero-order valence-corrected chi connectivity index (χ0v) is 18.3. The van der Waals surface area contributed by atoms with Gasteiger partial charge in [-0.2, -0.15) is 0 Å². The van der Waals surface area contributed by atoms with Crippen LogP contribution in [0.25, 0.3) is 0 Å². The molecule has 6 heteroatoms. The Labute approximate surface area is 187 Å². The van der Waals surface area contributed by atoms with E-state index in [0.717, 1.165) is 11.1 Å². The van der Waals surface area contributed by atoms with E-state index in [1.54, 1.807) is 26.4 Å².